The number of nitrogen functional groups attached to an aromatic ring is 1. The zero-order valence-electron chi connectivity index (χ0n) is 14.1. The number of piperidine rings is 1. The van der Waals surface area contributed by atoms with Gasteiger partial charge in [0.25, 0.3) is 0 Å². The number of anilines is 2. The van der Waals surface area contributed by atoms with Gasteiger partial charge in [0.15, 0.2) is 5.82 Å². The Hall–Kier alpha value is -2.71. The number of nitrogens with one attached hydrogen (secondary N) is 1. The first-order chi connectivity index (χ1) is 12.3. The van der Waals surface area contributed by atoms with Gasteiger partial charge in [0, 0.05) is 23.7 Å². The first kappa shape index (κ1) is 18.1. The lowest BCUT2D eigenvalue weighted by Gasteiger charge is -2.37. The van der Waals surface area contributed by atoms with E-state index in [0.29, 0.717) is 48.0 Å². The topological polar surface area (TPSA) is 148 Å². The summed E-state index contributed by atoms with van der Waals surface area (Å²) in [6.07, 6.45) is 2.44. The number of hydrogen-bond acceptors (Lipinski definition) is 7. The molecule has 0 atom stereocenters. The summed E-state index contributed by atoms with van der Waals surface area (Å²) in [5.41, 5.74) is 17.5. The number of primary amides is 1. The maximum Gasteiger partial charge on any atom is 0.237 e. The third-order valence-corrected chi connectivity index (χ3v) is 4.84. The van der Waals surface area contributed by atoms with Crippen molar-refractivity contribution in [2.45, 2.75) is 18.4 Å². The van der Waals surface area contributed by atoms with E-state index in [1.165, 1.54) is 0 Å². The molecule has 0 aliphatic carbocycles. The van der Waals surface area contributed by atoms with E-state index in [2.05, 4.69) is 9.97 Å². The Labute approximate surface area is 155 Å². The van der Waals surface area contributed by atoms with Crippen LogP contribution in [0.5, 0.6) is 0 Å². The lowest BCUT2D eigenvalue weighted by Crippen LogP contribution is -2.58. The smallest absolute Gasteiger partial charge is 0.237 e. The van der Waals surface area contributed by atoms with E-state index in [1.54, 1.807) is 30.5 Å². The number of benzene rings is 1. The van der Waals surface area contributed by atoms with Crippen LogP contribution in [-0.2, 0) is 4.79 Å². The van der Waals surface area contributed by atoms with Crippen molar-refractivity contribution in [3.63, 3.8) is 0 Å². The second-order valence-electron chi connectivity index (χ2n) is 6.35. The van der Waals surface area contributed by atoms with Crippen LogP contribution in [0.3, 0.4) is 0 Å². The molecule has 3 rings (SSSR count). The monoisotopic (exact) mass is 373 g/mol. The first-order valence-corrected chi connectivity index (χ1v) is 8.49. The fourth-order valence-electron chi connectivity index (χ4n) is 2.90. The van der Waals surface area contributed by atoms with Gasteiger partial charge in [0.2, 0.25) is 5.91 Å². The van der Waals surface area contributed by atoms with Gasteiger partial charge in [-0.2, -0.15) is 0 Å². The number of carbonyl (C=O) groups excluding carboxylic acids is 1. The van der Waals surface area contributed by atoms with Gasteiger partial charge in [-0.1, -0.05) is 23.7 Å². The minimum atomic E-state index is -0.982. The van der Waals surface area contributed by atoms with Crippen LogP contribution >= 0.6 is 11.6 Å². The Morgan fingerprint density at radius 1 is 1.31 bits per heavy atom. The summed E-state index contributed by atoms with van der Waals surface area (Å²) in [6, 6.07) is 6.93. The van der Waals surface area contributed by atoms with Gasteiger partial charge in [0.1, 0.15) is 11.5 Å². The van der Waals surface area contributed by atoms with Crippen molar-refractivity contribution in [3.05, 3.63) is 46.7 Å². The quantitative estimate of drug-likeness (QED) is 0.585. The number of carbonyl (C=O) groups is 1. The van der Waals surface area contributed by atoms with Crippen molar-refractivity contribution in [2.24, 2.45) is 11.5 Å². The summed E-state index contributed by atoms with van der Waals surface area (Å²) in [5.74, 6) is 0.247. The Bertz CT molecular complexity index is 862. The first-order valence-electron chi connectivity index (χ1n) is 8.11. The molecule has 0 radical (unpaired) electrons. The van der Waals surface area contributed by atoms with E-state index in [4.69, 9.17) is 34.2 Å². The molecule has 1 aliphatic rings. The highest BCUT2D eigenvalue weighted by molar-refractivity contribution is 6.31. The van der Waals surface area contributed by atoms with Gasteiger partial charge in [-0.15, -0.1) is 0 Å². The minimum Gasteiger partial charge on any atom is -0.382 e. The number of hydrogen-bond donors (Lipinski definition) is 4. The number of halogens is 1. The molecule has 0 spiro atoms. The van der Waals surface area contributed by atoms with Crippen LogP contribution in [0, 0.1) is 5.41 Å². The average Bonchev–Trinajstić information content (AvgIpc) is 2.61. The number of aromatic nitrogens is 2. The second kappa shape index (κ2) is 6.89. The molecule has 1 aliphatic heterocycles. The maximum atomic E-state index is 11.4. The standard InChI is InChI=1S/C17H20ClN7O/c18-11-3-1-2-10(8-11)13(19)14-15(20)24-12(9-23-14)25-6-4-17(22,5-7-25)16(21)26/h1-3,8-9,19H,4-7,22H2,(H2,20,24)(H2,21,26). The number of amides is 1. The summed E-state index contributed by atoms with van der Waals surface area (Å²) in [7, 11) is 0. The zero-order chi connectivity index (χ0) is 18.9. The number of nitrogens with zero attached hydrogens (tertiary/aromatic N) is 3. The van der Waals surface area contributed by atoms with Crippen LogP contribution in [-0.4, -0.2) is 40.2 Å². The van der Waals surface area contributed by atoms with Gasteiger partial charge in [-0.05, 0) is 25.0 Å². The van der Waals surface area contributed by atoms with Crippen LogP contribution in [0.2, 0.25) is 5.02 Å². The Balaban J connectivity index is 1.78. The van der Waals surface area contributed by atoms with Crippen LogP contribution in [0.4, 0.5) is 11.6 Å². The van der Waals surface area contributed by atoms with Crippen molar-refractivity contribution >= 4 is 34.9 Å². The molecule has 8 nitrogen and oxygen atoms in total. The van der Waals surface area contributed by atoms with Gasteiger partial charge in [0.05, 0.1) is 17.4 Å². The van der Waals surface area contributed by atoms with Crippen LogP contribution < -0.4 is 22.1 Å². The molecule has 0 saturated carbocycles. The number of nitrogens with two attached hydrogens (primary N) is 3. The van der Waals surface area contributed by atoms with Crippen LogP contribution in [0.1, 0.15) is 24.1 Å². The van der Waals surface area contributed by atoms with E-state index < -0.39 is 11.4 Å². The summed E-state index contributed by atoms with van der Waals surface area (Å²) >= 11 is 5.97. The van der Waals surface area contributed by atoms with Crippen molar-refractivity contribution in [2.75, 3.05) is 23.7 Å². The van der Waals surface area contributed by atoms with E-state index in [9.17, 15) is 4.79 Å². The molecule has 136 valence electrons. The molecule has 2 heterocycles. The van der Waals surface area contributed by atoms with Crippen molar-refractivity contribution in [3.8, 4) is 0 Å². The van der Waals surface area contributed by atoms with Gasteiger partial charge < -0.3 is 22.1 Å². The van der Waals surface area contributed by atoms with Gasteiger partial charge in [-0.25, -0.2) is 9.97 Å². The Morgan fingerprint density at radius 3 is 2.58 bits per heavy atom. The number of rotatable bonds is 4. The van der Waals surface area contributed by atoms with Crippen molar-refractivity contribution in [1.29, 1.82) is 5.41 Å². The molecule has 1 aromatic heterocycles. The molecule has 1 fully saturated rings. The van der Waals surface area contributed by atoms with E-state index in [0.717, 1.165) is 0 Å². The van der Waals surface area contributed by atoms with E-state index >= 15 is 0 Å². The lowest BCUT2D eigenvalue weighted by molar-refractivity contribution is -0.123. The van der Waals surface area contributed by atoms with E-state index in [1.807, 2.05) is 4.90 Å². The maximum absolute atomic E-state index is 11.4. The summed E-state index contributed by atoms with van der Waals surface area (Å²) in [6.45, 7) is 1.05. The highest BCUT2D eigenvalue weighted by Crippen LogP contribution is 2.25. The molecule has 7 N–H and O–H groups in total. The summed E-state index contributed by atoms with van der Waals surface area (Å²) in [5, 5.41) is 8.83. The molecular formula is C17H20ClN7O. The predicted octanol–water partition coefficient (Wildman–Crippen LogP) is 0.911. The predicted molar refractivity (Wildman–Crippen MR) is 101 cm³/mol. The molecule has 9 heteroatoms. The molecule has 0 unspecified atom stereocenters. The Kier molecular flexibility index (Phi) is 4.80. The van der Waals surface area contributed by atoms with Crippen molar-refractivity contribution in [1.82, 2.24) is 9.97 Å². The van der Waals surface area contributed by atoms with Gasteiger partial charge >= 0.3 is 0 Å². The average molecular weight is 374 g/mol. The highest BCUT2D eigenvalue weighted by Gasteiger charge is 2.36. The SMILES string of the molecule is N=C(c1cccc(Cl)c1)c1ncc(N2CCC(N)(C(N)=O)CC2)nc1N. The zero-order valence-corrected chi connectivity index (χ0v) is 14.8. The highest BCUT2D eigenvalue weighted by atomic mass is 35.5. The molecular weight excluding hydrogens is 354 g/mol. The van der Waals surface area contributed by atoms with Crippen LogP contribution in [0.25, 0.3) is 0 Å². The second-order valence-corrected chi connectivity index (χ2v) is 6.79. The fourth-order valence-corrected chi connectivity index (χ4v) is 3.09. The molecule has 1 amide bonds. The lowest BCUT2D eigenvalue weighted by atomic mass is 9.88. The molecule has 26 heavy (non-hydrogen) atoms. The molecule has 1 saturated heterocycles. The molecule has 2 aromatic rings. The third kappa shape index (κ3) is 3.47. The van der Waals surface area contributed by atoms with Crippen molar-refractivity contribution < 1.29 is 4.79 Å². The third-order valence-electron chi connectivity index (χ3n) is 4.61. The Morgan fingerprint density at radius 2 is 2.00 bits per heavy atom. The van der Waals surface area contributed by atoms with E-state index in [-0.39, 0.29) is 11.5 Å². The summed E-state index contributed by atoms with van der Waals surface area (Å²) in [4.78, 5) is 22.1. The minimum absolute atomic E-state index is 0.150. The largest absolute Gasteiger partial charge is 0.382 e. The molecule has 1 aromatic carbocycles. The normalized spacial score (nSPS) is 16.3. The molecule has 0 bridgehead atoms. The van der Waals surface area contributed by atoms with Gasteiger partial charge in [-0.3, -0.25) is 10.2 Å². The van der Waals surface area contributed by atoms with Crippen LogP contribution in [0.15, 0.2) is 30.5 Å². The summed E-state index contributed by atoms with van der Waals surface area (Å²) < 4.78 is 0. The fraction of sp³-hybridized carbons (Fsp3) is 0.294.